The van der Waals surface area contributed by atoms with Gasteiger partial charge < -0.3 is 10.5 Å². The summed E-state index contributed by atoms with van der Waals surface area (Å²) < 4.78 is 58.0. The van der Waals surface area contributed by atoms with Crippen LogP contribution in [-0.4, -0.2) is 18.5 Å². The van der Waals surface area contributed by atoms with E-state index in [-0.39, 0.29) is 6.61 Å². The van der Waals surface area contributed by atoms with Crippen molar-refractivity contribution in [3.05, 3.63) is 34.4 Å². The predicted octanol–water partition coefficient (Wildman–Crippen LogP) is 2.82. The van der Waals surface area contributed by atoms with Crippen LogP contribution >= 0.6 is 11.6 Å². The molecule has 1 atom stereocenters. The fourth-order valence-corrected chi connectivity index (χ4v) is 1.63. The fourth-order valence-electron chi connectivity index (χ4n) is 1.36. The third-order valence-corrected chi connectivity index (χ3v) is 2.71. The van der Waals surface area contributed by atoms with Gasteiger partial charge in [0.15, 0.2) is 0 Å². The molecule has 0 radical (unpaired) electrons. The van der Waals surface area contributed by atoms with Crippen molar-refractivity contribution in [2.45, 2.75) is 18.9 Å². The van der Waals surface area contributed by atoms with Crippen LogP contribution in [0.2, 0.25) is 5.02 Å². The molecule has 0 aliphatic heterocycles. The number of benzene rings is 1. The van der Waals surface area contributed by atoms with Crippen molar-refractivity contribution < 1.29 is 27.1 Å². The second-order valence-electron chi connectivity index (χ2n) is 3.58. The molecule has 0 unspecified atom stereocenters. The molecule has 8 heteroatoms. The molecule has 0 amide bonds. The SMILES string of the molecule is CCOC(=O)C(F)(F)[C@@H](N)c1c(F)ccc(F)c1Cl. The largest absolute Gasteiger partial charge is 0.462 e. The Balaban J connectivity index is 3.23. The molecule has 1 aromatic carbocycles. The van der Waals surface area contributed by atoms with Crippen LogP contribution in [0.25, 0.3) is 0 Å². The lowest BCUT2D eigenvalue weighted by Crippen LogP contribution is -2.42. The second-order valence-corrected chi connectivity index (χ2v) is 3.96. The van der Waals surface area contributed by atoms with Gasteiger partial charge in [-0.05, 0) is 19.1 Å². The van der Waals surface area contributed by atoms with Crippen molar-refractivity contribution in [2.24, 2.45) is 5.73 Å². The van der Waals surface area contributed by atoms with Gasteiger partial charge in [0.25, 0.3) is 0 Å². The van der Waals surface area contributed by atoms with Crippen LogP contribution < -0.4 is 5.73 Å². The second kappa shape index (κ2) is 5.75. The lowest BCUT2D eigenvalue weighted by atomic mass is 10.0. The van der Waals surface area contributed by atoms with E-state index in [0.29, 0.717) is 12.1 Å². The van der Waals surface area contributed by atoms with E-state index in [2.05, 4.69) is 4.74 Å². The van der Waals surface area contributed by atoms with Crippen molar-refractivity contribution in [1.82, 2.24) is 0 Å². The first-order valence-corrected chi connectivity index (χ1v) is 5.55. The van der Waals surface area contributed by atoms with Gasteiger partial charge in [-0.25, -0.2) is 13.6 Å². The molecule has 106 valence electrons. The van der Waals surface area contributed by atoms with Crippen LogP contribution in [-0.2, 0) is 9.53 Å². The molecule has 0 spiro atoms. The highest BCUT2D eigenvalue weighted by Gasteiger charge is 2.49. The minimum absolute atomic E-state index is 0.305. The number of hydrogen-bond donors (Lipinski definition) is 1. The zero-order chi connectivity index (χ0) is 14.8. The lowest BCUT2D eigenvalue weighted by molar-refractivity contribution is -0.174. The molecule has 0 heterocycles. The molecule has 0 saturated carbocycles. The van der Waals surface area contributed by atoms with Gasteiger partial charge >= 0.3 is 11.9 Å². The molecule has 3 nitrogen and oxygen atoms in total. The van der Waals surface area contributed by atoms with Gasteiger partial charge in [0.2, 0.25) is 0 Å². The molecule has 0 aromatic heterocycles. The molecule has 0 fully saturated rings. The van der Waals surface area contributed by atoms with E-state index >= 15 is 0 Å². The maximum absolute atomic E-state index is 13.6. The van der Waals surface area contributed by atoms with Crippen LogP contribution in [0.4, 0.5) is 17.6 Å². The normalized spacial score (nSPS) is 13.2. The summed E-state index contributed by atoms with van der Waals surface area (Å²) in [6.07, 6.45) is 0. The summed E-state index contributed by atoms with van der Waals surface area (Å²) in [5.41, 5.74) is 4.16. The van der Waals surface area contributed by atoms with Gasteiger partial charge in [0.05, 0.1) is 11.6 Å². The Hall–Kier alpha value is -1.34. The van der Waals surface area contributed by atoms with Crippen molar-refractivity contribution >= 4 is 17.6 Å². The predicted molar refractivity (Wildman–Crippen MR) is 59.9 cm³/mol. The maximum Gasteiger partial charge on any atom is 0.379 e. The number of nitrogens with two attached hydrogens (primary N) is 1. The zero-order valence-corrected chi connectivity index (χ0v) is 10.5. The average molecular weight is 300 g/mol. The van der Waals surface area contributed by atoms with Gasteiger partial charge in [0, 0.05) is 5.56 Å². The number of alkyl halides is 2. The average Bonchev–Trinajstić information content (AvgIpc) is 2.34. The van der Waals surface area contributed by atoms with E-state index in [0.717, 1.165) is 0 Å². The maximum atomic E-state index is 13.6. The molecule has 0 saturated heterocycles. The third-order valence-electron chi connectivity index (χ3n) is 2.33. The number of carbonyl (C=O) groups excluding carboxylic acids is 1. The highest BCUT2D eigenvalue weighted by atomic mass is 35.5. The number of rotatable bonds is 4. The fraction of sp³-hybridized carbons (Fsp3) is 0.364. The Kier molecular flexibility index (Phi) is 4.75. The number of esters is 1. The molecule has 1 aromatic rings. The van der Waals surface area contributed by atoms with E-state index in [9.17, 15) is 22.4 Å². The van der Waals surface area contributed by atoms with Gasteiger partial charge in [-0.1, -0.05) is 11.6 Å². The number of hydrogen-bond acceptors (Lipinski definition) is 3. The molecule has 2 N–H and O–H groups in total. The molecular formula is C11H10ClF4NO2. The summed E-state index contributed by atoms with van der Waals surface area (Å²) in [6, 6.07) is -1.19. The Labute approximate surface area is 111 Å². The van der Waals surface area contributed by atoms with Crippen molar-refractivity contribution in [2.75, 3.05) is 6.61 Å². The molecular weight excluding hydrogens is 290 g/mol. The molecule has 19 heavy (non-hydrogen) atoms. The summed E-state index contributed by atoms with van der Waals surface area (Å²) in [6.45, 7) is 1.01. The quantitative estimate of drug-likeness (QED) is 0.528. The number of ether oxygens (including phenoxy) is 1. The van der Waals surface area contributed by atoms with Crippen LogP contribution in [0.15, 0.2) is 12.1 Å². The zero-order valence-electron chi connectivity index (χ0n) is 9.72. The molecule has 1 rings (SSSR count). The smallest absolute Gasteiger partial charge is 0.379 e. The van der Waals surface area contributed by atoms with E-state index in [4.69, 9.17) is 17.3 Å². The molecule has 0 aliphatic carbocycles. The Morgan fingerprint density at radius 1 is 1.42 bits per heavy atom. The van der Waals surface area contributed by atoms with Gasteiger partial charge in [-0.15, -0.1) is 0 Å². The summed E-state index contributed by atoms with van der Waals surface area (Å²) in [5, 5.41) is -0.892. The Morgan fingerprint density at radius 3 is 2.47 bits per heavy atom. The van der Waals surface area contributed by atoms with Gasteiger partial charge in [0.1, 0.15) is 17.7 Å². The summed E-state index contributed by atoms with van der Waals surface area (Å²) in [5.74, 6) is -8.51. The monoisotopic (exact) mass is 299 g/mol. The number of halogens is 5. The van der Waals surface area contributed by atoms with Crippen molar-refractivity contribution in [3.8, 4) is 0 Å². The van der Waals surface area contributed by atoms with Crippen molar-refractivity contribution in [3.63, 3.8) is 0 Å². The van der Waals surface area contributed by atoms with E-state index < -0.39 is 40.2 Å². The van der Waals surface area contributed by atoms with Crippen LogP contribution in [0, 0.1) is 11.6 Å². The minimum atomic E-state index is -4.23. The summed E-state index contributed by atoms with van der Waals surface area (Å²) in [7, 11) is 0. The lowest BCUT2D eigenvalue weighted by Gasteiger charge is -2.23. The summed E-state index contributed by atoms with van der Waals surface area (Å²) >= 11 is 5.40. The Morgan fingerprint density at radius 2 is 1.95 bits per heavy atom. The molecule has 0 aliphatic rings. The first-order valence-electron chi connectivity index (χ1n) is 5.17. The first-order chi connectivity index (χ1) is 8.73. The van der Waals surface area contributed by atoms with E-state index in [1.165, 1.54) is 6.92 Å². The van der Waals surface area contributed by atoms with Crippen molar-refractivity contribution in [1.29, 1.82) is 0 Å². The van der Waals surface area contributed by atoms with E-state index in [1.54, 1.807) is 0 Å². The van der Waals surface area contributed by atoms with E-state index in [1.807, 2.05) is 0 Å². The highest BCUT2D eigenvalue weighted by molar-refractivity contribution is 6.31. The third kappa shape index (κ3) is 2.98. The topological polar surface area (TPSA) is 52.3 Å². The first kappa shape index (κ1) is 15.7. The minimum Gasteiger partial charge on any atom is -0.462 e. The van der Waals surface area contributed by atoms with Crippen LogP contribution in [0.1, 0.15) is 18.5 Å². The van der Waals surface area contributed by atoms with Crippen LogP contribution in [0.5, 0.6) is 0 Å². The van der Waals surface area contributed by atoms with Gasteiger partial charge in [-0.3, -0.25) is 0 Å². The van der Waals surface area contributed by atoms with Gasteiger partial charge in [-0.2, -0.15) is 8.78 Å². The van der Waals surface area contributed by atoms with Crippen LogP contribution in [0.3, 0.4) is 0 Å². The number of carbonyl (C=O) groups is 1. The molecule has 0 bridgehead atoms. The standard InChI is InChI=1S/C11H10ClF4NO2/c1-2-19-10(18)11(15,16)9(17)7-5(13)3-4-6(14)8(7)12/h3-4,9H,2,17H2,1H3/t9-/m0/s1. The highest BCUT2D eigenvalue weighted by Crippen LogP contribution is 2.36. The Bertz CT molecular complexity index is 496. The summed E-state index contributed by atoms with van der Waals surface area (Å²) in [4.78, 5) is 11.1.